The number of imide groups is 2. The van der Waals surface area contributed by atoms with E-state index in [-0.39, 0.29) is 11.4 Å². The van der Waals surface area contributed by atoms with Crippen LogP contribution >= 0.6 is 0 Å². The van der Waals surface area contributed by atoms with E-state index in [9.17, 15) is 24.0 Å². The molecule has 1 aromatic carbocycles. The molecule has 1 unspecified atom stereocenters. The maximum absolute atomic E-state index is 13.4. The standard InChI is InChI=1S/C20H20N4O6/c1-10-6-8-11(9-7-10)13-12-14(25)21(2)18(28)22(3)15(12)30-20(13)16(26)23(4)19(29)24(5)17(20)27/h6-9,13H,1-5H3. The number of urea groups is 1. The fourth-order valence-electron chi connectivity index (χ4n) is 4.12. The number of likely N-dealkylation sites (N-methyl/N-ethyl adjacent to an activating group) is 2. The molecule has 0 aliphatic carbocycles. The molecule has 1 saturated heterocycles. The van der Waals surface area contributed by atoms with Crippen LogP contribution in [0.4, 0.5) is 4.79 Å². The molecule has 3 heterocycles. The Morgan fingerprint density at radius 3 is 1.90 bits per heavy atom. The summed E-state index contributed by atoms with van der Waals surface area (Å²) in [5.41, 5.74) is -2.11. The normalized spacial score (nSPS) is 20.0. The first-order valence-corrected chi connectivity index (χ1v) is 9.19. The first-order chi connectivity index (χ1) is 14.0. The summed E-state index contributed by atoms with van der Waals surface area (Å²) in [4.78, 5) is 66.2. The summed E-state index contributed by atoms with van der Waals surface area (Å²) in [5.74, 6) is -3.10. The van der Waals surface area contributed by atoms with Crippen LogP contribution in [-0.4, -0.2) is 56.5 Å². The summed E-state index contributed by atoms with van der Waals surface area (Å²) >= 11 is 0. The van der Waals surface area contributed by atoms with Crippen molar-refractivity contribution in [2.75, 3.05) is 14.1 Å². The van der Waals surface area contributed by atoms with E-state index in [1.165, 1.54) is 28.2 Å². The van der Waals surface area contributed by atoms with Gasteiger partial charge in [0.15, 0.2) is 0 Å². The molecule has 1 atom stereocenters. The van der Waals surface area contributed by atoms with Crippen LogP contribution in [0.3, 0.4) is 0 Å². The number of nitrogens with zero attached hydrogens (tertiary/aromatic N) is 4. The van der Waals surface area contributed by atoms with Crippen molar-refractivity contribution in [1.82, 2.24) is 18.9 Å². The highest BCUT2D eigenvalue weighted by Crippen LogP contribution is 2.49. The molecule has 4 rings (SSSR count). The van der Waals surface area contributed by atoms with E-state index in [0.717, 1.165) is 24.5 Å². The molecule has 4 amide bonds. The largest absolute Gasteiger partial charge is 0.450 e. The van der Waals surface area contributed by atoms with Gasteiger partial charge in [-0.1, -0.05) is 29.8 Å². The van der Waals surface area contributed by atoms with Crippen molar-refractivity contribution in [2.45, 2.75) is 18.4 Å². The van der Waals surface area contributed by atoms with Gasteiger partial charge in [-0.2, -0.15) is 0 Å². The molecule has 0 bridgehead atoms. The smallest absolute Gasteiger partial charge is 0.333 e. The molecular formula is C20H20N4O6. The van der Waals surface area contributed by atoms with Crippen LogP contribution < -0.4 is 16.0 Å². The predicted molar refractivity (Wildman–Crippen MR) is 104 cm³/mol. The molecule has 156 valence electrons. The second-order valence-electron chi connectivity index (χ2n) is 7.62. The van der Waals surface area contributed by atoms with Crippen molar-refractivity contribution >= 4 is 17.8 Å². The van der Waals surface area contributed by atoms with E-state index in [2.05, 4.69) is 0 Å². The number of carbonyl (C=O) groups is 3. The SMILES string of the molecule is Cc1ccc(C2c3c(n(C)c(=O)n(C)c3=O)OC23C(=O)N(C)C(=O)N(C)C3=O)cc1. The van der Waals surface area contributed by atoms with Crippen molar-refractivity contribution in [3.8, 4) is 5.88 Å². The molecule has 1 aromatic heterocycles. The number of hydrogen-bond donors (Lipinski definition) is 0. The predicted octanol–water partition coefficient (Wildman–Crippen LogP) is -0.294. The van der Waals surface area contributed by atoms with Crippen LogP contribution in [0.1, 0.15) is 22.6 Å². The van der Waals surface area contributed by atoms with Gasteiger partial charge in [-0.3, -0.25) is 33.3 Å². The van der Waals surface area contributed by atoms with Crippen LogP contribution in [0, 0.1) is 6.92 Å². The molecule has 2 aromatic rings. The molecule has 0 N–H and O–H groups in total. The maximum Gasteiger partial charge on any atom is 0.333 e. The molecule has 10 heteroatoms. The molecule has 0 radical (unpaired) electrons. The third-order valence-electron chi connectivity index (χ3n) is 5.83. The zero-order chi connectivity index (χ0) is 22.1. The first kappa shape index (κ1) is 19.6. The summed E-state index contributed by atoms with van der Waals surface area (Å²) in [7, 11) is 5.19. The van der Waals surface area contributed by atoms with E-state index < -0.39 is 40.6 Å². The Balaban J connectivity index is 2.12. The zero-order valence-electron chi connectivity index (χ0n) is 17.1. The number of rotatable bonds is 1. The van der Waals surface area contributed by atoms with Crippen LogP contribution in [0.15, 0.2) is 33.9 Å². The minimum absolute atomic E-state index is 0.0151. The number of hydrogen-bond acceptors (Lipinski definition) is 6. The van der Waals surface area contributed by atoms with E-state index in [4.69, 9.17) is 4.74 Å². The minimum Gasteiger partial charge on any atom is -0.450 e. The molecule has 2 aliphatic heterocycles. The Morgan fingerprint density at radius 2 is 1.37 bits per heavy atom. The summed E-state index contributed by atoms with van der Waals surface area (Å²) in [6, 6.07) is 6.15. The fraction of sp³-hybridized carbons (Fsp3) is 0.350. The summed E-state index contributed by atoms with van der Waals surface area (Å²) in [5, 5.41) is 0. The van der Waals surface area contributed by atoms with Gasteiger partial charge in [0.1, 0.15) is 0 Å². The molecule has 10 nitrogen and oxygen atoms in total. The van der Waals surface area contributed by atoms with Gasteiger partial charge in [0.25, 0.3) is 23.0 Å². The lowest BCUT2D eigenvalue weighted by Gasteiger charge is -2.41. The molecular weight excluding hydrogens is 392 g/mol. The molecule has 1 fully saturated rings. The van der Waals surface area contributed by atoms with Gasteiger partial charge in [0.2, 0.25) is 5.88 Å². The van der Waals surface area contributed by atoms with E-state index in [1.54, 1.807) is 24.3 Å². The maximum atomic E-state index is 13.4. The lowest BCUT2D eigenvalue weighted by molar-refractivity contribution is -0.164. The van der Waals surface area contributed by atoms with Gasteiger partial charge in [0, 0.05) is 28.2 Å². The lowest BCUT2D eigenvalue weighted by Crippen LogP contribution is -2.70. The number of barbiturate groups is 1. The number of amides is 4. The van der Waals surface area contributed by atoms with Crippen molar-refractivity contribution in [2.24, 2.45) is 14.1 Å². The Labute approximate surface area is 170 Å². The van der Waals surface area contributed by atoms with E-state index in [0.29, 0.717) is 5.56 Å². The minimum atomic E-state index is -2.22. The third-order valence-corrected chi connectivity index (χ3v) is 5.83. The van der Waals surface area contributed by atoms with E-state index >= 15 is 0 Å². The van der Waals surface area contributed by atoms with Crippen molar-refractivity contribution in [1.29, 1.82) is 0 Å². The highest BCUT2D eigenvalue weighted by atomic mass is 16.5. The van der Waals surface area contributed by atoms with Crippen LogP contribution in [0.25, 0.3) is 0 Å². The second-order valence-corrected chi connectivity index (χ2v) is 7.62. The average Bonchev–Trinajstić information content (AvgIpc) is 3.10. The molecule has 1 spiro atoms. The lowest BCUT2D eigenvalue weighted by atomic mass is 9.77. The number of carbonyl (C=O) groups excluding carboxylic acids is 3. The summed E-state index contributed by atoms with van der Waals surface area (Å²) in [6.45, 7) is 1.87. The number of aryl methyl sites for hydroxylation is 1. The van der Waals surface area contributed by atoms with Gasteiger partial charge in [0.05, 0.1) is 11.5 Å². The molecule has 30 heavy (non-hydrogen) atoms. The van der Waals surface area contributed by atoms with E-state index in [1.807, 2.05) is 6.92 Å². The van der Waals surface area contributed by atoms with Crippen molar-refractivity contribution in [3.63, 3.8) is 0 Å². The number of fused-ring (bicyclic) bond motifs is 1. The Morgan fingerprint density at radius 1 is 0.833 bits per heavy atom. The van der Waals surface area contributed by atoms with Crippen molar-refractivity contribution < 1.29 is 19.1 Å². The number of benzene rings is 1. The number of ether oxygens (including phenoxy) is 1. The van der Waals surface area contributed by atoms with Gasteiger partial charge < -0.3 is 4.74 Å². The Kier molecular flexibility index (Phi) is 4.02. The Bertz CT molecular complexity index is 1220. The van der Waals surface area contributed by atoms with Crippen LogP contribution in [-0.2, 0) is 23.7 Å². The second kappa shape index (κ2) is 6.15. The third kappa shape index (κ3) is 2.21. The average molecular weight is 412 g/mol. The first-order valence-electron chi connectivity index (χ1n) is 9.19. The van der Waals surface area contributed by atoms with Crippen LogP contribution in [0.5, 0.6) is 5.88 Å². The van der Waals surface area contributed by atoms with Crippen molar-refractivity contribution in [3.05, 3.63) is 61.8 Å². The van der Waals surface area contributed by atoms with Gasteiger partial charge >= 0.3 is 11.7 Å². The quantitative estimate of drug-likeness (QED) is 0.595. The Hall–Kier alpha value is -3.69. The highest BCUT2D eigenvalue weighted by molar-refractivity contribution is 6.22. The van der Waals surface area contributed by atoms with Gasteiger partial charge in [-0.25, -0.2) is 9.59 Å². The zero-order valence-corrected chi connectivity index (χ0v) is 17.1. The van der Waals surface area contributed by atoms with Crippen LogP contribution in [0.2, 0.25) is 0 Å². The highest BCUT2D eigenvalue weighted by Gasteiger charge is 2.68. The molecule has 0 saturated carbocycles. The molecule has 2 aliphatic rings. The number of aromatic nitrogens is 2. The topological polar surface area (TPSA) is 111 Å². The summed E-state index contributed by atoms with van der Waals surface area (Å²) in [6.07, 6.45) is 0. The van der Waals surface area contributed by atoms with Gasteiger partial charge in [-0.15, -0.1) is 0 Å². The monoisotopic (exact) mass is 412 g/mol. The van der Waals surface area contributed by atoms with Gasteiger partial charge in [-0.05, 0) is 12.5 Å². The fourth-order valence-corrected chi connectivity index (χ4v) is 4.12. The summed E-state index contributed by atoms with van der Waals surface area (Å²) < 4.78 is 7.90.